The molecule has 0 aromatic carbocycles. The zero-order valence-corrected chi connectivity index (χ0v) is 7.97. The minimum absolute atomic E-state index is 0.0956. The van der Waals surface area contributed by atoms with E-state index in [1.165, 1.54) is 13.2 Å². The summed E-state index contributed by atoms with van der Waals surface area (Å²) in [5, 5.41) is 8.82. The van der Waals surface area contributed by atoms with E-state index in [0.29, 0.717) is 0 Å². The first-order valence-corrected chi connectivity index (χ1v) is 4.25. The molecule has 82 valence electrons. The molecule has 1 saturated heterocycles. The number of hydrogen-bond acceptors (Lipinski definition) is 5. The highest BCUT2D eigenvalue weighted by Gasteiger charge is 2.63. The Bertz CT molecular complexity index is 366. The maximum atomic E-state index is 11.6. The molecule has 1 amide bonds. The van der Waals surface area contributed by atoms with E-state index in [-0.39, 0.29) is 12.3 Å². The fraction of sp³-hybridized carbons (Fsp3) is 0.500. The number of ether oxygens (including phenoxy) is 2. The molecule has 0 aliphatic carbocycles. The van der Waals surface area contributed by atoms with E-state index in [9.17, 15) is 9.59 Å². The van der Waals surface area contributed by atoms with Gasteiger partial charge in [-0.1, -0.05) is 0 Å². The van der Waals surface area contributed by atoms with Crippen LogP contribution >= 0.6 is 0 Å². The van der Waals surface area contributed by atoms with E-state index in [4.69, 9.17) is 20.3 Å². The number of nitrogens with two attached hydrogens (primary N) is 1. The summed E-state index contributed by atoms with van der Waals surface area (Å²) in [5.74, 6) is -1.79. The van der Waals surface area contributed by atoms with Crippen molar-refractivity contribution in [1.29, 1.82) is 0 Å². The van der Waals surface area contributed by atoms with E-state index in [2.05, 4.69) is 0 Å². The van der Waals surface area contributed by atoms with Gasteiger partial charge in [-0.15, -0.1) is 0 Å². The second-order valence-corrected chi connectivity index (χ2v) is 3.25. The first kappa shape index (κ1) is 10.1. The van der Waals surface area contributed by atoms with Crippen molar-refractivity contribution < 1.29 is 24.2 Å². The molecule has 2 aliphatic rings. The third-order valence-corrected chi connectivity index (χ3v) is 2.50. The minimum Gasteiger partial charge on any atom is -0.477 e. The van der Waals surface area contributed by atoms with Crippen LogP contribution in [0.2, 0.25) is 0 Å². The number of fused-ring (bicyclic) bond motifs is 1. The van der Waals surface area contributed by atoms with Gasteiger partial charge in [0.05, 0.1) is 6.61 Å². The van der Waals surface area contributed by atoms with Gasteiger partial charge in [0, 0.05) is 7.11 Å². The smallest absolute Gasteiger partial charge is 0.352 e. The van der Waals surface area contributed by atoms with Gasteiger partial charge in [0.25, 0.3) is 5.91 Å². The number of carboxylic acid groups (broad SMARTS) is 1. The zero-order valence-electron chi connectivity index (χ0n) is 7.97. The molecule has 0 radical (unpaired) electrons. The maximum Gasteiger partial charge on any atom is 0.352 e. The number of aliphatic carboxylic acids is 1. The number of β-lactam (4-membered cyclic amide) rings is 1. The zero-order chi connectivity index (χ0) is 11.2. The van der Waals surface area contributed by atoms with Crippen molar-refractivity contribution in [2.24, 2.45) is 5.73 Å². The van der Waals surface area contributed by atoms with Crippen molar-refractivity contribution in [2.45, 2.75) is 12.0 Å². The quantitative estimate of drug-likeness (QED) is 0.426. The Balaban J connectivity index is 2.31. The van der Waals surface area contributed by atoms with E-state index in [1.807, 2.05) is 0 Å². The molecule has 2 heterocycles. The third kappa shape index (κ3) is 1.11. The highest BCUT2D eigenvalue weighted by atomic mass is 16.6. The van der Waals surface area contributed by atoms with Gasteiger partial charge in [0.15, 0.2) is 6.23 Å². The van der Waals surface area contributed by atoms with Gasteiger partial charge in [0.1, 0.15) is 5.70 Å². The average Bonchev–Trinajstić information content (AvgIpc) is 2.26. The first-order chi connectivity index (χ1) is 7.02. The van der Waals surface area contributed by atoms with Crippen molar-refractivity contribution in [3.63, 3.8) is 0 Å². The number of nitrogens with zero attached hydrogens (tertiary/aromatic N) is 1. The van der Waals surface area contributed by atoms with Crippen LogP contribution in [-0.4, -0.2) is 47.6 Å². The number of rotatable bonds is 2. The van der Waals surface area contributed by atoms with Crippen LogP contribution in [0.1, 0.15) is 0 Å². The molecule has 0 aromatic rings. The molecule has 2 rings (SSSR count). The highest BCUT2D eigenvalue weighted by molar-refractivity contribution is 6.00. The summed E-state index contributed by atoms with van der Waals surface area (Å²) in [4.78, 5) is 23.3. The van der Waals surface area contributed by atoms with Crippen LogP contribution in [0.25, 0.3) is 0 Å². The fourth-order valence-corrected chi connectivity index (χ4v) is 1.66. The van der Waals surface area contributed by atoms with E-state index in [0.717, 1.165) is 4.90 Å². The Labute approximate surface area is 85.0 Å². The van der Waals surface area contributed by atoms with Gasteiger partial charge >= 0.3 is 5.97 Å². The number of hydrogen-bond donors (Lipinski definition) is 2. The second-order valence-electron chi connectivity index (χ2n) is 3.25. The van der Waals surface area contributed by atoms with Crippen LogP contribution in [0.4, 0.5) is 0 Å². The molecule has 0 spiro atoms. The van der Waals surface area contributed by atoms with Gasteiger partial charge in [0.2, 0.25) is 5.72 Å². The lowest BCUT2D eigenvalue weighted by Crippen LogP contribution is -2.80. The number of carbonyl (C=O) groups excluding carboxylic acids is 1. The Kier molecular flexibility index (Phi) is 2.03. The van der Waals surface area contributed by atoms with Crippen molar-refractivity contribution >= 4 is 11.9 Å². The molecule has 7 heteroatoms. The van der Waals surface area contributed by atoms with Crippen molar-refractivity contribution in [3.05, 3.63) is 11.8 Å². The number of methoxy groups -OCH3 is 1. The SMILES string of the molecule is CO[C@@]1(N)C(=O)N2C(C(=O)O)=CCOC21. The van der Waals surface area contributed by atoms with E-state index < -0.39 is 23.8 Å². The van der Waals surface area contributed by atoms with Gasteiger partial charge < -0.3 is 14.6 Å². The van der Waals surface area contributed by atoms with Gasteiger partial charge in [-0.25, -0.2) is 4.79 Å². The third-order valence-electron chi connectivity index (χ3n) is 2.50. The van der Waals surface area contributed by atoms with Gasteiger partial charge in [-0.3, -0.25) is 15.4 Å². The molecule has 15 heavy (non-hydrogen) atoms. The normalized spacial score (nSPS) is 34.3. The van der Waals surface area contributed by atoms with Crippen LogP contribution in [-0.2, 0) is 19.1 Å². The lowest BCUT2D eigenvalue weighted by molar-refractivity contribution is -0.247. The van der Waals surface area contributed by atoms with Gasteiger partial charge in [-0.05, 0) is 6.08 Å². The van der Waals surface area contributed by atoms with Crippen LogP contribution in [0.3, 0.4) is 0 Å². The molecular weight excluding hydrogens is 204 g/mol. The molecule has 3 N–H and O–H groups in total. The Morgan fingerprint density at radius 3 is 3.07 bits per heavy atom. The van der Waals surface area contributed by atoms with Crippen molar-refractivity contribution in [3.8, 4) is 0 Å². The summed E-state index contributed by atoms with van der Waals surface area (Å²) in [6, 6.07) is 0. The summed E-state index contributed by atoms with van der Waals surface area (Å²) < 4.78 is 9.97. The monoisotopic (exact) mass is 214 g/mol. The molecule has 0 bridgehead atoms. The molecule has 0 saturated carbocycles. The number of carboxylic acids is 1. The fourth-order valence-electron chi connectivity index (χ4n) is 1.66. The maximum absolute atomic E-state index is 11.6. The van der Waals surface area contributed by atoms with E-state index >= 15 is 0 Å². The summed E-state index contributed by atoms with van der Waals surface area (Å²) in [5.41, 5.74) is 3.93. The number of amides is 1. The standard InChI is InChI=1S/C8H10N2O5/c1-14-8(9)6(13)10-4(5(11)12)2-3-15-7(8)10/h2,7H,3,9H2,1H3,(H,11,12)/t7?,8-/m0/s1. The van der Waals surface area contributed by atoms with Crippen molar-refractivity contribution in [1.82, 2.24) is 4.90 Å². The molecule has 2 atom stereocenters. The Morgan fingerprint density at radius 1 is 1.87 bits per heavy atom. The predicted molar refractivity (Wildman–Crippen MR) is 46.2 cm³/mol. The average molecular weight is 214 g/mol. The summed E-state index contributed by atoms with van der Waals surface area (Å²) >= 11 is 0. The Morgan fingerprint density at radius 2 is 2.53 bits per heavy atom. The van der Waals surface area contributed by atoms with Crippen molar-refractivity contribution in [2.75, 3.05) is 13.7 Å². The van der Waals surface area contributed by atoms with Crippen LogP contribution in [0.15, 0.2) is 11.8 Å². The molecule has 1 unspecified atom stereocenters. The minimum atomic E-state index is -1.56. The lowest BCUT2D eigenvalue weighted by atomic mass is 9.98. The second kappa shape index (κ2) is 3.02. The predicted octanol–water partition coefficient (Wildman–Crippen LogP) is -1.55. The van der Waals surface area contributed by atoms with E-state index in [1.54, 1.807) is 0 Å². The van der Waals surface area contributed by atoms with Gasteiger partial charge in [-0.2, -0.15) is 0 Å². The molecule has 7 nitrogen and oxygen atoms in total. The molecule has 1 fully saturated rings. The lowest BCUT2D eigenvalue weighted by Gasteiger charge is -2.52. The largest absolute Gasteiger partial charge is 0.477 e. The van der Waals surface area contributed by atoms with Crippen LogP contribution in [0, 0.1) is 0 Å². The summed E-state index contributed by atoms with van der Waals surface area (Å²) in [6.07, 6.45) is 0.456. The first-order valence-electron chi connectivity index (χ1n) is 4.25. The number of carbonyl (C=O) groups is 2. The van der Waals surface area contributed by atoms with Crippen LogP contribution in [0.5, 0.6) is 0 Å². The molecule has 2 aliphatic heterocycles. The topological polar surface area (TPSA) is 102 Å². The molecule has 0 aromatic heterocycles. The summed E-state index contributed by atoms with van der Waals surface area (Å²) in [7, 11) is 1.28. The Hall–Kier alpha value is -1.44. The summed E-state index contributed by atoms with van der Waals surface area (Å²) in [6.45, 7) is 0.0956. The highest BCUT2D eigenvalue weighted by Crippen LogP contribution is 2.36. The molecular formula is C8H10N2O5. The van der Waals surface area contributed by atoms with Crippen LogP contribution < -0.4 is 5.73 Å².